The number of hydrogen-bond donors (Lipinski definition) is 1. The molecule has 0 bridgehead atoms. The van der Waals surface area contributed by atoms with Crippen LogP contribution in [0.3, 0.4) is 0 Å². The second kappa shape index (κ2) is 8.13. The van der Waals surface area contributed by atoms with E-state index in [1.54, 1.807) is 53.3 Å². The van der Waals surface area contributed by atoms with Gasteiger partial charge in [0.1, 0.15) is 0 Å². The molecule has 0 atom stereocenters. The Labute approximate surface area is 158 Å². The zero-order valence-electron chi connectivity index (χ0n) is 14.9. The number of nitrogens with zero attached hydrogens (tertiary/aromatic N) is 3. The van der Waals surface area contributed by atoms with Gasteiger partial charge in [-0.15, -0.1) is 0 Å². The number of amides is 1. The fourth-order valence-corrected chi connectivity index (χ4v) is 3.90. The van der Waals surface area contributed by atoms with E-state index in [1.165, 1.54) is 6.20 Å². The van der Waals surface area contributed by atoms with Crippen LogP contribution in [0.1, 0.15) is 23.0 Å². The van der Waals surface area contributed by atoms with Gasteiger partial charge in [-0.1, -0.05) is 31.2 Å². The van der Waals surface area contributed by atoms with E-state index in [0.29, 0.717) is 17.8 Å². The third-order valence-corrected chi connectivity index (χ3v) is 5.81. The topological polar surface area (TPSA) is 94.0 Å². The molecule has 1 amide bonds. The Morgan fingerprint density at radius 1 is 1.11 bits per heavy atom. The summed E-state index contributed by atoms with van der Waals surface area (Å²) in [5, 5.41) is 6.93. The lowest BCUT2D eigenvalue weighted by molar-refractivity contribution is 0.0955. The van der Waals surface area contributed by atoms with Crippen LogP contribution in [0, 0.1) is 0 Å². The number of aromatic nitrogens is 3. The van der Waals surface area contributed by atoms with Crippen LogP contribution in [0.5, 0.6) is 0 Å². The normalized spacial score (nSPS) is 11.3. The average molecular weight is 384 g/mol. The number of nitrogens with one attached hydrogen (secondary N) is 1. The van der Waals surface area contributed by atoms with Gasteiger partial charge in [-0.05, 0) is 30.7 Å². The van der Waals surface area contributed by atoms with E-state index in [0.717, 1.165) is 5.69 Å². The Bertz CT molecular complexity index is 1020. The van der Waals surface area contributed by atoms with E-state index in [9.17, 15) is 13.2 Å². The number of sulfone groups is 1. The predicted molar refractivity (Wildman–Crippen MR) is 102 cm³/mol. The molecule has 8 heteroatoms. The number of rotatable bonds is 7. The Balaban J connectivity index is 1.69. The van der Waals surface area contributed by atoms with Crippen LogP contribution in [0.2, 0.25) is 0 Å². The molecule has 1 N–H and O–H groups in total. The van der Waals surface area contributed by atoms with Crippen molar-refractivity contribution in [1.29, 1.82) is 0 Å². The molecule has 0 radical (unpaired) electrons. The zero-order chi connectivity index (χ0) is 19.3. The van der Waals surface area contributed by atoms with Crippen molar-refractivity contribution in [3.63, 3.8) is 0 Å². The molecule has 0 aliphatic heterocycles. The maximum atomic E-state index is 12.5. The van der Waals surface area contributed by atoms with Gasteiger partial charge in [0.25, 0.3) is 5.91 Å². The maximum absolute atomic E-state index is 12.5. The lowest BCUT2D eigenvalue weighted by Gasteiger charge is -2.08. The predicted octanol–water partition coefficient (Wildman–Crippen LogP) is 2.03. The molecule has 1 aromatic carbocycles. The summed E-state index contributed by atoms with van der Waals surface area (Å²) in [5.74, 6) is 0.107. The van der Waals surface area contributed by atoms with E-state index in [4.69, 9.17) is 0 Å². The number of carbonyl (C=O) groups excluding carboxylic acids is 1. The molecular formula is C19H20N4O3S. The van der Waals surface area contributed by atoms with Gasteiger partial charge in [-0.25, -0.2) is 18.1 Å². The molecule has 3 rings (SSSR count). The lowest BCUT2D eigenvalue weighted by atomic mass is 10.2. The van der Waals surface area contributed by atoms with Crippen molar-refractivity contribution in [2.24, 2.45) is 0 Å². The van der Waals surface area contributed by atoms with Gasteiger partial charge in [0, 0.05) is 12.7 Å². The SMILES string of the molecule is CCc1c(C(=O)NCCS(=O)(=O)c2ccccc2)cnn1-c1ccccn1. The largest absolute Gasteiger partial charge is 0.351 e. The minimum Gasteiger partial charge on any atom is -0.351 e. The first-order valence-electron chi connectivity index (χ1n) is 8.57. The van der Waals surface area contributed by atoms with Crippen LogP contribution in [0.15, 0.2) is 65.8 Å². The first-order valence-corrected chi connectivity index (χ1v) is 10.2. The van der Waals surface area contributed by atoms with Crippen LogP contribution < -0.4 is 5.32 Å². The van der Waals surface area contributed by atoms with Crippen LogP contribution in [-0.2, 0) is 16.3 Å². The summed E-state index contributed by atoms with van der Waals surface area (Å²) in [4.78, 5) is 17.0. The van der Waals surface area contributed by atoms with Crippen molar-refractivity contribution in [2.45, 2.75) is 18.2 Å². The van der Waals surface area contributed by atoms with Crippen molar-refractivity contribution in [2.75, 3.05) is 12.3 Å². The van der Waals surface area contributed by atoms with Crippen molar-refractivity contribution in [3.8, 4) is 5.82 Å². The third-order valence-electron chi connectivity index (χ3n) is 4.07. The van der Waals surface area contributed by atoms with Gasteiger partial charge in [0.2, 0.25) is 0 Å². The summed E-state index contributed by atoms with van der Waals surface area (Å²) in [7, 11) is -3.44. The third kappa shape index (κ3) is 4.22. The minimum absolute atomic E-state index is 0.0218. The molecular weight excluding hydrogens is 364 g/mol. The molecule has 0 aliphatic carbocycles. The van der Waals surface area contributed by atoms with Gasteiger partial charge >= 0.3 is 0 Å². The summed E-state index contributed by atoms with van der Waals surface area (Å²) >= 11 is 0. The highest BCUT2D eigenvalue weighted by atomic mass is 32.2. The van der Waals surface area contributed by atoms with E-state index in [2.05, 4.69) is 15.4 Å². The summed E-state index contributed by atoms with van der Waals surface area (Å²) in [6.07, 6.45) is 3.72. The van der Waals surface area contributed by atoms with Gasteiger partial charge in [-0.3, -0.25) is 4.79 Å². The smallest absolute Gasteiger partial charge is 0.254 e. The number of benzene rings is 1. The first-order chi connectivity index (χ1) is 13.0. The molecule has 27 heavy (non-hydrogen) atoms. The minimum atomic E-state index is -3.44. The van der Waals surface area contributed by atoms with Gasteiger partial charge in [-0.2, -0.15) is 5.10 Å². The van der Waals surface area contributed by atoms with E-state index < -0.39 is 9.84 Å². The van der Waals surface area contributed by atoms with Gasteiger partial charge in [0.15, 0.2) is 15.7 Å². The Morgan fingerprint density at radius 3 is 2.52 bits per heavy atom. The standard InChI is InChI=1S/C19H20N4O3S/c1-2-17-16(14-22-23(17)18-10-6-7-11-20-18)19(24)21-12-13-27(25,26)15-8-4-3-5-9-15/h3-11,14H,2,12-13H2,1H3,(H,21,24). The van der Waals surface area contributed by atoms with Crippen LogP contribution >= 0.6 is 0 Å². The highest BCUT2D eigenvalue weighted by Crippen LogP contribution is 2.14. The number of pyridine rings is 1. The van der Waals surface area contributed by atoms with Gasteiger partial charge in [0.05, 0.1) is 28.1 Å². The van der Waals surface area contributed by atoms with E-state index in [1.807, 2.05) is 13.0 Å². The van der Waals surface area contributed by atoms with Crippen molar-refractivity contribution < 1.29 is 13.2 Å². The highest BCUT2D eigenvalue weighted by molar-refractivity contribution is 7.91. The molecule has 0 spiro atoms. The van der Waals surface area contributed by atoms with Gasteiger partial charge < -0.3 is 5.32 Å². The summed E-state index contributed by atoms with van der Waals surface area (Å²) in [5.41, 5.74) is 1.14. The molecule has 7 nitrogen and oxygen atoms in total. The second-order valence-corrected chi connectivity index (χ2v) is 7.96. The molecule has 0 fully saturated rings. The summed E-state index contributed by atoms with van der Waals surface area (Å²) in [6, 6.07) is 13.6. The molecule has 0 saturated carbocycles. The molecule has 2 heterocycles. The van der Waals surface area contributed by atoms with Crippen molar-refractivity contribution >= 4 is 15.7 Å². The Kier molecular flexibility index (Phi) is 5.66. The molecule has 140 valence electrons. The monoisotopic (exact) mass is 384 g/mol. The Hall–Kier alpha value is -3.00. The maximum Gasteiger partial charge on any atom is 0.254 e. The quantitative estimate of drug-likeness (QED) is 0.673. The summed E-state index contributed by atoms with van der Waals surface area (Å²) in [6.45, 7) is 1.95. The lowest BCUT2D eigenvalue weighted by Crippen LogP contribution is -2.29. The van der Waals surface area contributed by atoms with Crippen molar-refractivity contribution in [1.82, 2.24) is 20.1 Å². The fraction of sp³-hybridized carbons (Fsp3) is 0.211. The van der Waals surface area contributed by atoms with Crippen molar-refractivity contribution in [3.05, 3.63) is 72.2 Å². The average Bonchev–Trinajstić information content (AvgIpc) is 3.13. The number of carbonyl (C=O) groups is 1. The molecule has 3 aromatic rings. The fourth-order valence-electron chi connectivity index (χ4n) is 2.72. The van der Waals surface area contributed by atoms with E-state index in [-0.39, 0.29) is 23.1 Å². The summed E-state index contributed by atoms with van der Waals surface area (Å²) < 4.78 is 26.2. The first kappa shape index (κ1) is 18.8. The molecule has 0 saturated heterocycles. The molecule has 0 unspecified atom stereocenters. The van der Waals surface area contributed by atoms with Crippen LogP contribution in [0.25, 0.3) is 5.82 Å². The van der Waals surface area contributed by atoms with Crippen LogP contribution in [-0.4, -0.2) is 41.4 Å². The second-order valence-electron chi connectivity index (χ2n) is 5.85. The molecule has 2 aromatic heterocycles. The zero-order valence-corrected chi connectivity index (χ0v) is 15.7. The molecule has 0 aliphatic rings. The highest BCUT2D eigenvalue weighted by Gasteiger charge is 2.19. The van der Waals surface area contributed by atoms with Crippen LogP contribution in [0.4, 0.5) is 0 Å². The number of hydrogen-bond acceptors (Lipinski definition) is 5. The Morgan fingerprint density at radius 2 is 1.85 bits per heavy atom. The van der Waals surface area contributed by atoms with E-state index >= 15 is 0 Å².